The maximum atomic E-state index is 5.77. The third-order valence-corrected chi connectivity index (χ3v) is 2.81. The van der Waals surface area contributed by atoms with Gasteiger partial charge >= 0.3 is 0 Å². The third-order valence-electron chi connectivity index (χ3n) is 2.81. The normalized spacial score (nSPS) is 11.3. The fourth-order valence-corrected chi connectivity index (χ4v) is 1.82. The first kappa shape index (κ1) is 13.9. The van der Waals surface area contributed by atoms with Crippen LogP contribution in [0.25, 0.3) is 5.69 Å². The van der Waals surface area contributed by atoms with Crippen molar-refractivity contribution in [3.63, 3.8) is 0 Å². The third kappa shape index (κ3) is 3.47. The van der Waals surface area contributed by atoms with Gasteiger partial charge in [0.2, 0.25) is 0 Å². The average molecular weight is 269 g/mol. The first-order valence-electron chi connectivity index (χ1n) is 6.46. The van der Waals surface area contributed by atoms with Gasteiger partial charge in [-0.15, -0.1) is 6.58 Å². The van der Waals surface area contributed by atoms with Crippen molar-refractivity contribution in [3.8, 4) is 5.69 Å². The number of guanidine groups is 1. The Morgan fingerprint density at radius 2 is 2.25 bits per heavy atom. The molecular formula is C15H19N5. The van der Waals surface area contributed by atoms with Crippen LogP contribution < -0.4 is 11.1 Å². The fraction of sp³-hybridized carbons (Fsp3) is 0.200. The molecule has 0 fully saturated rings. The summed E-state index contributed by atoms with van der Waals surface area (Å²) in [6.07, 6.45) is 3.68. The lowest BCUT2D eigenvalue weighted by molar-refractivity contribution is 0.842. The van der Waals surface area contributed by atoms with Crippen LogP contribution in [0.4, 0.5) is 0 Å². The molecule has 0 aliphatic carbocycles. The number of nitrogens with one attached hydrogen (secondary N) is 1. The Hall–Kier alpha value is -2.56. The van der Waals surface area contributed by atoms with Gasteiger partial charge in [0.05, 0.1) is 17.9 Å². The van der Waals surface area contributed by atoms with E-state index in [0.717, 1.165) is 16.9 Å². The van der Waals surface area contributed by atoms with Gasteiger partial charge in [0.15, 0.2) is 5.96 Å². The summed E-state index contributed by atoms with van der Waals surface area (Å²) in [5, 5.41) is 7.38. The number of hydrogen-bond donors (Lipinski definition) is 2. The predicted octanol–water partition coefficient (Wildman–Crippen LogP) is 1.77. The number of para-hydroxylation sites is 1. The van der Waals surface area contributed by atoms with Gasteiger partial charge in [0.25, 0.3) is 0 Å². The van der Waals surface area contributed by atoms with Crippen LogP contribution in [0.1, 0.15) is 11.3 Å². The second-order valence-electron chi connectivity index (χ2n) is 4.40. The maximum absolute atomic E-state index is 5.77. The first-order valence-corrected chi connectivity index (χ1v) is 6.46. The van der Waals surface area contributed by atoms with E-state index in [1.54, 1.807) is 6.08 Å². The van der Waals surface area contributed by atoms with Crippen LogP contribution in [0.15, 0.2) is 54.2 Å². The van der Waals surface area contributed by atoms with Crippen LogP contribution >= 0.6 is 0 Å². The lowest BCUT2D eigenvalue weighted by Gasteiger charge is -2.08. The van der Waals surface area contributed by atoms with Crippen molar-refractivity contribution in [2.75, 3.05) is 6.54 Å². The Morgan fingerprint density at radius 1 is 1.45 bits per heavy atom. The second kappa shape index (κ2) is 6.56. The van der Waals surface area contributed by atoms with E-state index in [1.807, 2.05) is 48.1 Å². The van der Waals surface area contributed by atoms with E-state index in [4.69, 9.17) is 5.73 Å². The van der Waals surface area contributed by atoms with Crippen molar-refractivity contribution < 1.29 is 0 Å². The fourth-order valence-electron chi connectivity index (χ4n) is 1.82. The van der Waals surface area contributed by atoms with Gasteiger partial charge in [0, 0.05) is 12.7 Å². The van der Waals surface area contributed by atoms with Gasteiger partial charge in [-0.25, -0.2) is 9.67 Å². The van der Waals surface area contributed by atoms with Gasteiger partial charge in [-0.2, -0.15) is 5.10 Å². The highest BCUT2D eigenvalue weighted by molar-refractivity contribution is 5.78. The van der Waals surface area contributed by atoms with Crippen LogP contribution in [-0.4, -0.2) is 22.3 Å². The monoisotopic (exact) mass is 269 g/mol. The molecule has 104 valence electrons. The summed E-state index contributed by atoms with van der Waals surface area (Å²) >= 11 is 0. The number of nitrogens with two attached hydrogens (primary N) is 1. The van der Waals surface area contributed by atoms with Crippen molar-refractivity contribution >= 4 is 5.96 Å². The van der Waals surface area contributed by atoms with E-state index in [9.17, 15) is 0 Å². The molecule has 5 heteroatoms. The van der Waals surface area contributed by atoms with Crippen molar-refractivity contribution in [3.05, 3.63) is 60.4 Å². The molecule has 0 aliphatic rings. The molecule has 0 radical (unpaired) electrons. The Labute approximate surface area is 118 Å². The topological polar surface area (TPSA) is 68.2 Å². The van der Waals surface area contributed by atoms with Crippen LogP contribution in [0.5, 0.6) is 0 Å². The molecular weight excluding hydrogens is 250 g/mol. The van der Waals surface area contributed by atoms with Gasteiger partial charge in [-0.3, -0.25) is 0 Å². The molecule has 2 rings (SSSR count). The summed E-state index contributed by atoms with van der Waals surface area (Å²) in [5.74, 6) is 0.413. The molecule has 0 unspecified atom stereocenters. The second-order valence-corrected chi connectivity index (χ2v) is 4.40. The van der Waals surface area contributed by atoms with E-state index in [1.165, 1.54) is 0 Å². The van der Waals surface area contributed by atoms with Gasteiger partial charge in [0.1, 0.15) is 0 Å². The maximum Gasteiger partial charge on any atom is 0.189 e. The van der Waals surface area contributed by atoms with E-state index >= 15 is 0 Å². The van der Waals surface area contributed by atoms with Gasteiger partial charge in [-0.05, 0) is 24.6 Å². The Balaban J connectivity index is 2.18. The highest BCUT2D eigenvalue weighted by Crippen LogP contribution is 2.15. The summed E-state index contributed by atoms with van der Waals surface area (Å²) in [6, 6.07) is 9.98. The molecule has 0 spiro atoms. The van der Waals surface area contributed by atoms with Gasteiger partial charge < -0.3 is 11.1 Å². The number of aliphatic imine (C=N–C) groups is 1. The van der Waals surface area contributed by atoms with Crippen molar-refractivity contribution in [1.29, 1.82) is 0 Å². The van der Waals surface area contributed by atoms with Crippen LogP contribution in [-0.2, 0) is 6.54 Å². The van der Waals surface area contributed by atoms with Crippen LogP contribution in [0, 0.1) is 6.92 Å². The molecule has 1 heterocycles. The quantitative estimate of drug-likeness (QED) is 0.494. The number of aryl methyl sites for hydroxylation is 1. The minimum Gasteiger partial charge on any atom is -0.370 e. The number of rotatable bonds is 5. The molecule has 3 N–H and O–H groups in total. The van der Waals surface area contributed by atoms with Crippen LogP contribution in [0.3, 0.4) is 0 Å². The van der Waals surface area contributed by atoms with Crippen molar-refractivity contribution in [1.82, 2.24) is 15.1 Å². The molecule has 0 amide bonds. The van der Waals surface area contributed by atoms with Crippen molar-refractivity contribution in [2.24, 2.45) is 10.7 Å². The number of nitrogens with zero attached hydrogens (tertiary/aromatic N) is 3. The predicted molar refractivity (Wildman–Crippen MR) is 81.8 cm³/mol. The largest absolute Gasteiger partial charge is 0.370 e. The Bertz CT molecular complexity index is 612. The minimum atomic E-state index is 0.413. The molecule has 0 saturated heterocycles. The molecule has 0 aliphatic heterocycles. The average Bonchev–Trinajstić information content (AvgIpc) is 2.89. The number of hydrogen-bond acceptors (Lipinski definition) is 2. The van der Waals surface area contributed by atoms with E-state index in [-0.39, 0.29) is 0 Å². The molecule has 5 nitrogen and oxygen atoms in total. The summed E-state index contributed by atoms with van der Waals surface area (Å²) < 4.78 is 1.85. The zero-order chi connectivity index (χ0) is 14.4. The number of benzene rings is 1. The minimum absolute atomic E-state index is 0.413. The smallest absolute Gasteiger partial charge is 0.189 e. The first-order chi connectivity index (χ1) is 9.70. The molecule has 0 atom stereocenters. The highest BCUT2D eigenvalue weighted by atomic mass is 15.3. The standard InChI is InChI=1S/C15H19N5/c1-3-9-17-15(16)18-11-13-6-4-5-7-14(13)20-10-8-12(2)19-20/h3-8,10H,1,9,11H2,2H3,(H3,16,17,18). The molecule has 0 saturated carbocycles. The molecule has 1 aromatic heterocycles. The zero-order valence-electron chi connectivity index (χ0n) is 11.6. The van der Waals surface area contributed by atoms with Crippen LogP contribution in [0.2, 0.25) is 0 Å². The molecule has 20 heavy (non-hydrogen) atoms. The number of aromatic nitrogens is 2. The molecule has 0 bridgehead atoms. The summed E-state index contributed by atoms with van der Waals surface area (Å²) in [6.45, 7) is 6.70. The van der Waals surface area contributed by atoms with E-state index < -0.39 is 0 Å². The Morgan fingerprint density at radius 3 is 2.95 bits per heavy atom. The highest BCUT2D eigenvalue weighted by Gasteiger charge is 2.04. The molecule has 1 aromatic carbocycles. The van der Waals surface area contributed by atoms with Crippen molar-refractivity contribution in [2.45, 2.75) is 13.5 Å². The van der Waals surface area contributed by atoms with E-state index in [0.29, 0.717) is 19.0 Å². The van der Waals surface area contributed by atoms with Gasteiger partial charge in [-0.1, -0.05) is 24.3 Å². The molecule has 2 aromatic rings. The summed E-state index contributed by atoms with van der Waals surface area (Å²) in [5.41, 5.74) is 8.83. The summed E-state index contributed by atoms with van der Waals surface area (Å²) in [4.78, 5) is 4.32. The SMILES string of the molecule is C=CCNC(N)=NCc1ccccc1-n1ccc(C)n1. The summed E-state index contributed by atoms with van der Waals surface area (Å²) in [7, 11) is 0. The zero-order valence-corrected chi connectivity index (χ0v) is 11.6. The van der Waals surface area contributed by atoms with E-state index in [2.05, 4.69) is 22.0 Å². The lowest BCUT2D eigenvalue weighted by atomic mass is 10.2. The lowest BCUT2D eigenvalue weighted by Crippen LogP contribution is -2.31. The Kier molecular flexibility index (Phi) is 4.55.